The summed E-state index contributed by atoms with van der Waals surface area (Å²) in [6, 6.07) is 15.3. The van der Waals surface area contributed by atoms with Gasteiger partial charge in [0.2, 0.25) is 0 Å². The SMILES string of the molecule is CCCC(Oc1ccc2cc[nH]c(=O)c2c1)C(=O)NCc1ccc(N2CCCC/C2=N\OC)cc1. The largest absolute Gasteiger partial charge is 0.481 e. The number of hydrogen-bond acceptors (Lipinski definition) is 5. The first-order valence-corrected chi connectivity index (χ1v) is 12.1. The number of oxime groups is 1. The summed E-state index contributed by atoms with van der Waals surface area (Å²) in [5.74, 6) is 1.26. The predicted octanol–water partition coefficient (Wildman–Crippen LogP) is 4.34. The third-order valence-electron chi connectivity index (χ3n) is 6.12. The first-order chi connectivity index (χ1) is 17.1. The number of ether oxygens (including phenoxy) is 1. The number of fused-ring (bicyclic) bond motifs is 1. The van der Waals surface area contributed by atoms with Crippen LogP contribution in [0.5, 0.6) is 5.75 Å². The topological polar surface area (TPSA) is 96.0 Å². The van der Waals surface area contributed by atoms with E-state index < -0.39 is 6.10 Å². The Morgan fingerprint density at radius 2 is 2.00 bits per heavy atom. The summed E-state index contributed by atoms with van der Waals surface area (Å²) < 4.78 is 6.00. The summed E-state index contributed by atoms with van der Waals surface area (Å²) in [6.07, 6.45) is 5.47. The summed E-state index contributed by atoms with van der Waals surface area (Å²) in [4.78, 5) is 34.9. The quantitative estimate of drug-likeness (QED) is 0.448. The number of nitrogens with one attached hydrogen (secondary N) is 2. The Morgan fingerprint density at radius 1 is 1.17 bits per heavy atom. The lowest BCUT2D eigenvalue weighted by Gasteiger charge is -2.29. The molecule has 1 atom stereocenters. The minimum atomic E-state index is -0.638. The van der Waals surface area contributed by atoms with Crippen molar-refractivity contribution in [3.63, 3.8) is 0 Å². The van der Waals surface area contributed by atoms with Gasteiger partial charge in [-0.25, -0.2) is 0 Å². The number of carbonyl (C=O) groups excluding carboxylic acids is 1. The monoisotopic (exact) mass is 476 g/mol. The fraction of sp³-hybridized carbons (Fsp3) is 0.370. The van der Waals surface area contributed by atoms with Crippen LogP contribution in [0.25, 0.3) is 10.8 Å². The number of pyridine rings is 1. The summed E-state index contributed by atoms with van der Waals surface area (Å²) >= 11 is 0. The minimum absolute atomic E-state index is 0.177. The lowest BCUT2D eigenvalue weighted by atomic mass is 10.1. The van der Waals surface area contributed by atoms with Crippen LogP contribution in [0.2, 0.25) is 0 Å². The van der Waals surface area contributed by atoms with Crippen LogP contribution in [0, 0.1) is 0 Å². The molecule has 0 radical (unpaired) electrons. The maximum Gasteiger partial charge on any atom is 0.261 e. The highest BCUT2D eigenvalue weighted by Gasteiger charge is 2.21. The van der Waals surface area contributed by atoms with Crippen molar-refractivity contribution in [3.8, 4) is 5.75 Å². The van der Waals surface area contributed by atoms with Gasteiger partial charge in [0, 0.05) is 31.4 Å². The Balaban J connectivity index is 1.39. The maximum atomic E-state index is 12.9. The number of amides is 1. The zero-order valence-corrected chi connectivity index (χ0v) is 20.3. The second-order valence-corrected chi connectivity index (χ2v) is 8.63. The van der Waals surface area contributed by atoms with Crippen molar-refractivity contribution in [2.75, 3.05) is 18.6 Å². The van der Waals surface area contributed by atoms with Crippen LogP contribution in [0.4, 0.5) is 5.69 Å². The number of anilines is 1. The van der Waals surface area contributed by atoms with Gasteiger partial charge in [-0.1, -0.05) is 36.7 Å². The van der Waals surface area contributed by atoms with E-state index in [1.165, 1.54) is 0 Å². The van der Waals surface area contributed by atoms with Gasteiger partial charge in [-0.3, -0.25) is 9.59 Å². The molecular formula is C27H32N4O4. The second kappa shape index (κ2) is 11.6. The smallest absolute Gasteiger partial charge is 0.261 e. The van der Waals surface area contributed by atoms with Crippen LogP contribution in [0.15, 0.2) is 64.7 Å². The maximum absolute atomic E-state index is 12.9. The molecule has 4 rings (SSSR count). The molecule has 2 aromatic carbocycles. The van der Waals surface area contributed by atoms with Gasteiger partial charge in [-0.05, 0) is 60.5 Å². The van der Waals surface area contributed by atoms with Crippen LogP contribution in [-0.4, -0.2) is 36.5 Å². The van der Waals surface area contributed by atoms with Crippen molar-refractivity contribution < 1.29 is 14.4 Å². The van der Waals surface area contributed by atoms with Crippen molar-refractivity contribution in [2.45, 2.75) is 51.7 Å². The first kappa shape index (κ1) is 24.3. The molecule has 1 aromatic heterocycles. The number of hydrogen-bond donors (Lipinski definition) is 2. The van der Waals surface area contributed by atoms with E-state index in [1.807, 2.05) is 43.3 Å². The first-order valence-electron chi connectivity index (χ1n) is 12.1. The van der Waals surface area contributed by atoms with Crippen molar-refractivity contribution in [1.82, 2.24) is 10.3 Å². The normalized spacial score (nSPS) is 15.7. The third kappa shape index (κ3) is 6.01. The van der Waals surface area contributed by atoms with E-state index in [0.29, 0.717) is 24.1 Å². The number of nitrogens with zero attached hydrogens (tertiary/aromatic N) is 2. The zero-order chi connectivity index (χ0) is 24.6. The molecule has 2 N–H and O–H groups in total. The van der Waals surface area contributed by atoms with Crippen LogP contribution in [0.1, 0.15) is 44.6 Å². The van der Waals surface area contributed by atoms with Gasteiger partial charge in [0.25, 0.3) is 11.5 Å². The van der Waals surface area contributed by atoms with Crippen LogP contribution < -0.4 is 20.5 Å². The molecule has 1 aliphatic heterocycles. The van der Waals surface area contributed by atoms with Crippen LogP contribution in [0.3, 0.4) is 0 Å². The molecule has 0 saturated carbocycles. The summed E-state index contributed by atoms with van der Waals surface area (Å²) in [5.41, 5.74) is 1.88. The molecule has 1 unspecified atom stereocenters. The van der Waals surface area contributed by atoms with Gasteiger partial charge in [-0.2, -0.15) is 0 Å². The highest BCUT2D eigenvalue weighted by Crippen LogP contribution is 2.23. The molecule has 1 fully saturated rings. The molecule has 184 valence electrons. The summed E-state index contributed by atoms with van der Waals surface area (Å²) in [6.45, 7) is 3.32. The number of aromatic amines is 1. The third-order valence-corrected chi connectivity index (χ3v) is 6.12. The Labute approximate surface area is 204 Å². The van der Waals surface area contributed by atoms with Gasteiger partial charge in [-0.15, -0.1) is 0 Å². The van der Waals surface area contributed by atoms with Crippen molar-refractivity contribution in [3.05, 3.63) is 70.6 Å². The van der Waals surface area contributed by atoms with E-state index in [0.717, 1.165) is 54.7 Å². The van der Waals surface area contributed by atoms with Crippen LogP contribution >= 0.6 is 0 Å². The van der Waals surface area contributed by atoms with E-state index >= 15 is 0 Å². The fourth-order valence-corrected chi connectivity index (χ4v) is 4.30. The molecule has 8 heteroatoms. The molecule has 0 bridgehead atoms. The van der Waals surface area contributed by atoms with Crippen molar-refractivity contribution in [1.29, 1.82) is 0 Å². The number of carbonyl (C=O) groups is 1. The number of rotatable bonds is 9. The molecule has 0 aliphatic carbocycles. The highest BCUT2D eigenvalue weighted by molar-refractivity contribution is 5.98. The molecular weight excluding hydrogens is 444 g/mol. The van der Waals surface area contributed by atoms with Crippen molar-refractivity contribution >= 4 is 28.2 Å². The van der Waals surface area contributed by atoms with E-state index in [9.17, 15) is 9.59 Å². The molecule has 8 nitrogen and oxygen atoms in total. The molecule has 3 aromatic rings. The summed E-state index contributed by atoms with van der Waals surface area (Å²) in [5, 5.41) is 8.52. The molecule has 1 aliphatic rings. The van der Waals surface area contributed by atoms with Gasteiger partial charge < -0.3 is 24.8 Å². The molecule has 1 amide bonds. The molecule has 1 saturated heterocycles. The Morgan fingerprint density at radius 3 is 2.77 bits per heavy atom. The lowest BCUT2D eigenvalue weighted by Crippen LogP contribution is -2.38. The van der Waals surface area contributed by atoms with E-state index in [-0.39, 0.29) is 11.5 Å². The highest BCUT2D eigenvalue weighted by atomic mass is 16.6. The fourth-order valence-electron chi connectivity index (χ4n) is 4.30. The zero-order valence-electron chi connectivity index (χ0n) is 20.3. The number of aromatic nitrogens is 1. The molecule has 2 heterocycles. The number of amidine groups is 1. The van der Waals surface area contributed by atoms with Crippen molar-refractivity contribution in [2.24, 2.45) is 5.16 Å². The Hall–Kier alpha value is -3.81. The van der Waals surface area contributed by atoms with Crippen LogP contribution in [-0.2, 0) is 16.2 Å². The Bertz CT molecular complexity index is 1240. The van der Waals surface area contributed by atoms with E-state index in [1.54, 1.807) is 25.4 Å². The standard InChI is InChI=1S/C27H32N4O4/c1-3-6-24(35-22-13-10-20-14-15-28-26(32)23(20)17-22)27(33)29-18-19-8-11-21(12-9-19)31-16-5-4-7-25(31)30-34-2/h8-15,17,24H,3-7,16,18H2,1-2H3,(H,28,32)(H,29,33)/b30-25+. The number of piperidine rings is 1. The lowest BCUT2D eigenvalue weighted by molar-refractivity contribution is -0.128. The minimum Gasteiger partial charge on any atom is -0.481 e. The molecule has 35 heavy (non-hydrogen) atoms. The summed E-state index contributed by atoms with van der Waals surface area (Å²) in [7, 11) is 1.57. The second-order valence-electron chi connectivity index (χ2n) is 8.63. The van der Waals surface area contributed by atoms with Gasteiger partial charge in [0.1, 0.15) is 18.7 Å². The van der Waals surface area contributed by atoms with Gasteiger partial charge >= 0.3 is 0 Å². The van der Waals surface area contributed by atoms with Gasteiger partial charge in [0.05, 0.1) is 5.39 Å². The van der Waals surface area contributed by atoms with E-state index in [2.05, 4.69) is 20.4 Å². The number of benzene rings is 2. The van der Waals surface area contributed by atoms with Gasteiger partial charge in [0.15, 0.2) is 6.10 Å². The number of H-pyrrole nitrogens is 1. The molecule has 0 spiro atoms. The van der Waals surface area contributed by atoms with E-state index in [4.69, 9.17) is 9.57 Å². The predicted molar refractivity (Wildman–Crippen MR) is 138 cm³/mol. The average molecular weight is 477 g/mol. The average Bonchev–Trinajstić information content (AvgIpc) is 2.88. The Kier molecular flexibility index (Phi) is 8.03.